The second-order valence-electron chi connectivity index (χ2n) is 4.61. The molecular formula is C14H12N4O4. The van der Waals surface area contributed by atoms with Crippen molar-refractivity contribution in [2.75, 3.05) is 12.4 Å². The van der Waals surface area contributed by atoms with E-state index >= 15 is 0 Å². The highest BCUT2D eigenvalue weighted by Gasteiger charge is 2.16. The van der Waals surface area contributed by atoms with E-state index in [1.54, 1.807) is 25.1 Å². The van der Waals surface area contributed by atoms with Gasteiger partial charge in [0.05, 0.1) is 18.3 Å². The summed E-state index contributed by atoms with van der Waals surface area (Å²) < 4.78 is 9.56. The molecule has 2 N–H and O–H groups in total. The number of aromatic nitrogens is 3. The fourth-order valence-corrected chi connectivity index (χ4v) is 2.01. The summed E-state index contributed by atoms with van der Waals surface area (Å²) in [5.41, 5.74) is 1.93. The van der Waals surface area contributed by atoms with Gasteiger partial charge in [0.25, 0.3) is 5.91 Å². The molecule has 2 aromatic heterocycles. The lowest BCUT2D eigenvalue weighted by Crippen LogP contribution is -2.10. The third kappa shape index (κ3) is 2.41. The van der Waals surface area contributed by atoms with Crippen LogP contribution < -0.4 is 5.32 Å². The maximum Gasteiger partial charge on any atom is 0.359 e. The topological polar surface area (TPSA) is 110 Å². The molecule has 112 valence electrons. The van der Waals surface area contributed by atoms with Crippen molar-refractivity contribution in [1.82, 2.24) is 15.4 Å². The molecular weight excluding hydrogens is 288 g/mol. The highest BCUT2D eigenvalue weighted by molar-refractivity contribution is 6.06. The molecule has 8 heteroatoms. The van der Waals surface area contributed by atoms with Crippen LogP contribution in [0.15, 0.2) is 28.8 Å². The minimum Gasteiger partial charge on any atom is -0.464 e. The van der Waals surface area contributed by atoms with Crippen LogP contribution in [0.4, 0.5) is 5.69 Å². The Morgan fingerprint density at radius 2 is 2.14 bits per heavy atom. The van der Waals surface area contributed by atoms with Crippen molar-refractivity contribution in [1.29, 1.82) is 0 Å². The maximum absolute atomic E-state index is 12.0. The number of benzene rings is 1. The lowest BCUT2D eigenvalue weighted by Gasteiger charge is -2.03. The number of H-pyrrole nitrogens is 1. The molecule has 0 atom stereocenters. The number of hydrogen-bond donors (Lipinski definition) is 2. The first-order chi connectivity index (χ1) is 10.6. The molecule has 8 nitrogen and oxygen atoms in total. The number of fused-ring (bicyclic) bond motifs is 1. The van der Waals surface area contributed by atoms with E-state index in [1.165, 1.54) is 13.2 Å². The third-order valence-electron chi connectivity index (χ3n) is 3.05. The zero-order chi connectivity index (χ0) is 15.7. The molecule has 0 aliphatic heterocycles. The molecule has 0 bridgehead atoms. The van der Waals surface area contributed by atoms with Gasteiger partial charge >= 0.3 is 5.97 Å². The van der Waals surface area contributed by atoms with Crippen LogP contribution in [0.25, 0.3) is 10.9 Å². The molecule has 3 rings (SSSR count). The number of rotatable bonds is 3. The number of esters is 1. The predicted molar refractivity (Wildman–Crippen MR) is 76.6 cm³/mol. The van der Waals surface area contributed by atoms with E-state index in [2.05, 4.69) is 25.4 Å². The number of nitrogens with zero attached hydrogens (tertiary/aromatic N) is 2. The zero-order valence-corrected chi connectivity index (χ0v) is 11.8. The average Bonchev–Trinajstić information content (AvgIpc) is 3.12. The number of carbonyl (C=O) groups excluding carboxylic acids is 2. The molecule has 0 aliphatic carbocycles. The second-order valence-corrected chi connectivity index (χ2v) is 4.61. The van der Waals surface area contributed by atoms with E-state index in [-0.39, 0.29) is 11.5 Å². The average molecular weight is 300 g/mol. The monoisotopic (exact) mass is 300 g/mol. The number of nitrogens with one attached hydrogen (secondary N) is 2. The van der Waals surface area contributed by atoms with Gasteiger partial charge < -0.3 is 14.6 Å². The number of aryl methyl sites for hydroxylation is 1. The van der Waals surface area contributed by atoms with Crippen LogP contribution in [0.5, 0.6) is 0 Å². The standard InChI is InChI=1S/C14H12N4O4/c1-7-5-11(22-18-7)13(19)15-8-3-4-10-9(6-8)12(17-16-10)14(20)21-2/h3-6H,1-2H3,(H,15,19)(H,16,17). The van der Waals surface area contributed by atoms with Crippen molar-refractivity contribution in [2.45, 2.75) is 6.92 Å². The Morgan fingerprint density at radius 3 is 2.82 bits per heavy atom. The zero-order valence-electron chi connectivity index (χ0n) is 11.8. The van der Waals surface area contributed by atoms with Gasteiger partial charge in [0.15, 0.2) is 5.69 Å². The molecule has 3 aromatic rings. The van der Waals surface area contributed by atoms with Crippen molar-refractivity contribution in [3.8, 4) is 0 Å². The number of aromatic amines is 1. The summed E-state index contributed by atoms with van der Waals surface area (Å²) in [4.78, 5) is 23.6. The lowest BCUT2D eigenvalue weighted by molar-refractivity contribution is 0.0596. The van der Waals surface area contributed by atoms with Crippen molar-refractivity contribution in [3.63, 3.8) is 0 Å². The first-order valence-electron chi connectivity index (χ1n) is 6.39. The largest absolute Gasteiger partial charge is 0.464 e. The molecule has 1 aromatic carbocycles. The number of methoxy groups -OCH3 is 1. The minimum atomic E-state index is -0.555. The molecule has 22 heavy (non-hydrogen) atoms. The van der Waals surface area contributed by atoms with Crippen LogP contribution in [-0.2, 0) is 4.74 Å². The molecule has 0 fully saturated rings. The summed E-state index contributed by atoms with van der Waals surface area (Å²) in [6, 6.07) is 6.55. The van der Waals surface area contributed by atoms with Crippen molar-refractivity contribution >= 4 is 28.5 Å². The van der Waals surface area contributed by atoms with Crippen LogP contribution >= 0.6 is 0 Å². The van der Waals surface area contributed by atoms with Gasteiger partial charge in [0, 0.05) is 17.1 Å². The molecule has 1 amide bonds. The number of hydrogen-bond acceptors (Lipinski definition) is 6. The number of ether oxygens (including phenoxy) is 1. The molecule has 2 heterocycles. The van der Waals surface area contributed by atoms with Crippen LogP contribution in [0, 0.1) is 6.92 Å². The van der Waals surface area contributed by atoms with Gasteiger partial charge in [-0.15, -0.1) is 0 Å². The number of carbonyl (C=O) groups is 2. The van der Waals surface area contributed by atoms with Gasteiger partial charge in [0.2, 0.25) is 5.76 Å². The van der Waals surface area contributed by atoms with Gasteiger partial charge in [0.1, 0.15) is 0 Å². The van der Waals surface area contributed by atoms with Crippen LogP contribution in [0.2, 0.25) is 0 Å². The highest BCUT2D eigenvalue weighted by atomic mass is 16.5. The number of amides is 1. The smallest absolute Gasteiger partial charge is 0.359 e. The molecule has 0 unspecified atom stereocenters. The van der Waals surface area contributed by atoms with E-state index in [9.17, 15) is 9.59 Å². The van der Waals surface area contributed by atoms with Gasteiger partial charge in [-0.05, 0) is 25.1 Å². The Balaban J connectivity index is 1.91. The summed E-state index contributed by atoms with van der Waals surface area (Å²) in [6.45, 7) is 1.72. The van der Waals surface area contributed by atoms with E-state index in [1.807, 2.05) is 0 Å². The summed E-state index contributed by atoms with van der Waals surface area (Å²) in [5, 5.41) is 13.5. The Labute approximate surface area is 124 Å². The molecule has 0 saturated carbocycles. The van der Waals surface area contributed by atoms with Crippen molar-refractivity contribution in [3.05, 3.63) is 41.4 Å². The summed E-state index contributed by atoms with van der Waals surface area (Å²) in [6.07, 6.45) is 0. The van der Waals surface area contributed by atoms with E-state index < -0.39 is 11.9 Å². The maximum atomic E-state index is 12.0. The normalized spacial score (nSPS) is 10.6. The van der Waals surface area contributed by atoms with Gasteiger partial charge in [-0.3, -0.25) is 9.89 Å². The first-order valence-corrected chi connectivity index (χ1v) is 6.39. The fraction of sp³-hybridized carbons (Fsp3) is 0.143. The Kier molecular flexibility index (Phi) is 3.34. The van der Waals surface area contributed by atoms with Gasteiger partial charge in [-0.1, -0.05) is 5.16 Å². The van der Waals surface area contributed by atoms with Crippen LogP contribution in [-0.4, -0.2) is 34.3 Å². The Hall–Kier alpha value is -3.16. The molecule has 0 radical (unpaired) electrons. The summed E-state index contributed by atoms with van der Waals surface area (Å²) >= 11 is 0. The Bertz CT molecular complexity index is 865. The number of anilines is 1. The van der Waals surface area contributed by atoms with Gasteiger partial charge in [-0.25, -0.2) is 4.79 Å². The summed E-state index contributed by atoms with van der Waals surface area (Å²) in [5.74, 6) is -0.873. The van der Waals surface area contributed by atoms with E-state index in [4.69, 9.17) is 4.52 Å². The van der Waals surface area contributed by atoms with Crippen molar-refractivity contribution in [2.24, 2.45) is 0 Å². The van der Waals surface area contributed by atoms with E-state index in [0.717, 1.165) is 0 Å². The predicted octanol–water partition coefficient (Wildman–Crippen LogP) is 1.90. The fourth-order valence-electron chi connectivity index (χ4n) is 2.01. The van der Waals surface area contributed by atoms with Crippen LogP contribution in [0.1, 0.15) is 26.7 Å². The van der Waals surface area contributed by atoms with Crippen LogP contribution in [0.3, 0.4) is 0 Å². The molecule has 0 saturated heterocycles. The Morgan fingerprint density at radius 1 is 1.32 bits per heavy atom. The third-order valence-corrected chi connectivity index (χ3v) is 3.05. The lowest BCUT2D eigenvalue weighted by atomic mass is 10.2. The highest BCUT2D eigenvalue weighted by Crippen LogP contribution is 2.21. The summed E-state index contributed by atoms with van der Waals surface area (Å²) in [7, 11) is 1.28. The van der Waals surface area contributed by atoms with Crippen molar-refractivity contribution < 1.29 is 18.8 Å². The molecule has 0 spiro atoms. The molecule has 0 aliphatic rings. The first kappa shape index (κ1) is 13.8. The second kappa shape index (κ2) is 5.32. The van der Waals surface area contributed by atoms with Gasteiger partial charge in [-0.2, -0.15) is 5.10 Å². The van der Waals surface area contributed by atoms with E-state index in [0.29, 0.717) is 22.3 Å². The minimum absolute atomic E-state index is 0.109. The SMILES string of the molecule is COC(=O)c1n[nH]c2ccc(NC(=O)c3cc(C)no3)cc12. The quantitative estimate of drug-likeness (QED) is 0.715.